The van der Waals surface area contributed by atoms with Crippen molar-refractivity contribution in [2.24, 2.45) is 13.0 Å². The molecule has 4 aromatic rings. The highest BCUT2D eigenvalue weighted by Gasteiger charge is 2.40. The number of hydrogen-bond acceptors (Lipinski definition) is 7. The Morgan fingerprint density at radius 2 is 2.08 bits per heavy atom. The van der Waals surface area contributed by atoms with Crippen LogP contribution in [0.1, 0.15) is 40.5 Å². The predicted molar refractivity (Wildman–Crippen MR) is 135 cm³/mol. The predicted octanol–water partition coefficient (Wildman–Crippen LogP) is 3.62. The maximum atomic E-state index is 14.5. The lowest BCUT2D eigenvalue weighted by molar-refractivity contribution is 0.0724. The summed E-state index contributed by atoms with van der Waals surface area (Å²) in [6, 6.07) is 9.68. The van der Waals surface area contributed by atoms with Crippen LogP contribution in [0.3, 0.4) is 0 Å². The zero-order valence-corrected chi connectivity index (χ0v) is 20.5. The van der Waals surface area contributed by atoms with Gasteiger partial charge in [0.2, 0.25) is 0 Å². The number of pyridine rings is 2. The summed E-state index contributed by atoms with van der Waals surface area (Å²) in [5.74, 6) is 0.467. The summed E-state index contributed by atoms with van der Waals surface area (Å²) >= 11 is 0. The number of nitrogens with one attached hydrogen (secondary N) is 2. The Kier molecular flexibility index (Phi) is 5.96. The molecule has 2 N–H and O–H groups in total. The molecule has 4 heterocycles. The number of amides is 1. The summed E-state index contributed by atoms with van der Waals surface area (Å²) in [5, 5.41) is 11.6. The van der Waals surface area contributed by atoms with E-state index in [1.54, 1.807) is 42.5 Å². The van der Waals surface area contributed by atoms with Crippen LogP contribution in [0.15, 0.2) is 55.0 Å². The molecule has 1 saturated heterocycles. The van der Waals surface area contributed by atoms with E-state index in [1.807, 2.05) is 12.1 Å². The zero-order valence-electron chi connectivity index (χ0n) is 20.5. The second-order valence-electron chi connectivity index (χ2n) is 9.64. The Balaban J connectivity index is 1.26. The van der Waals surface area contributed by atoms with E-state index in [2.05, 4.69) is 25.7 Å². The number of methoxy groups -OCH3 is 1. The molecule has 9 nitrogen and oxygen atoms in total. The van der Waals surface area contributed by atoms with Crippen molar-refractivity contribution >= 4 is 22.6 Å². The van der Waals surface area contributed by atoms with Gasteiger partial charge in [-0.3, -0.25) is 9.48 Å². The summed E-state index contributed by atoms with van der Waals surface area (Å²) in [5.41, 5.74) is 2.19. The molecule has 6 rings (SSSR count). The summed E-state index contributed by atoms with van der Waals surface area (Å²) < 4.78 is 26.9. The molecular weight excluding hydrogens is 475 g/mol. The molecule has 1 saturated carbocycles. The van der Waals surface area contributed by atoms with Gasteiger partial charge in [0.05, 0.1) is 37.6 Å². The first-order valence-corrected chi connectivity index (χ1v) is 12.2. The van der Waals surface area contributed by atoms with Crippen LogP contribution >= 0.6 is 0 Å². The summed E-state index contributed by atoms with van der Waals surface area (Å²) in [6.45, 7) is 0.786. The van der Waals surface area contributed by atoms with E-state index in [-0.39, 0.29) is 17.4 Å². The van der Waals surface area contributed by atoms with Crippen molar-refractivity contribution in [1.29, 1.82) is 0 Å². The number of carbonyl (C=O) groups excluding carboxylic acids is 1. The fraction of sp³-hybridized carbons (Fsp3) is 0.333. The summed E-state index contributed by atoms with van der Waals surface area (Å²) in [4.78, 5) is 22.5. The number of hydrogen-bond donors (Lipinski definition) is 2. The third-order valence-electron chi connectivity index (χ3n) is 7.18. The van der Waals surface area contributed by atoms with E-state index in [4.69, 9.17) is 9.47 Å². The van der Waals surface area contributed by atoms with Crippen molar-refractivity contribution in [3.8, 4) is 5.75 Å². The molecule has 2 aliphatic rings. The fourth-order valence-corrected chi connectivity index (χ4v) is 5.26. The molecule has 0 radical (unpaired) electrons. The summed E-state index contributed by atoms with van der Waals surface area (Å²) in [6.07, 6.45) is 7.58. The first-order valence-electron chi connectivity index (χ1n) is 12.2. The lowest BCUT2D eigenvalue weighted by Gasteiger charge is -2.23. The maximum absolute atomic E-state index is 14.5. The van der Waals surface area contributed by atoms with Gasteiger partial charge in [-0.2, -0.15) is 5.10 Å². The maximum Gasteiger partial charge on any atom is 0.270 e. The van der Waals surface area contributed by atoms with Crippen LogP contribution in [0.2, 0.25) is 0 Å². The average molecular weight is 503 g/mol. The molecule has 2 fully saturated rings. The van der Waals surface area contributed by atoms with Crippen molar-refractivity contribution < 1.29 is 18.7 Å². The number of ether oxygens (including phenoxy) is 2. The lowest BCUT2D eigenvalue weighted by atomic mass is 10.0. The van der Waals surface area contributed by atoms with Crippen LogP contribution in [0.5, 0.6) is 5.75 Å². The second kappa shape index (κ2) is 9.44. The minimum absolute atomic E-state index is 0.132. The monoisotopic (exact) mass is 502 g/mol. The fourth-order valence-electron chi connectivity index (χ4n) is 5.26. The van der Waals surface area contributed by atoms with Crippen molar-refractivity contribution in [1.82, 2.24) is 25.1 Å². The van der Waals surface area contributed by atoms with Gasteiger partial charge in [0.1, 0.15) is 11.5 Å². The number of halogens is 1. The topological polar surface area (TPSA) is 103 Å². The van der Waals surface area contributed by atoms with Gasteiger partial charge in [-0.15, -0.1) is 0 Å². The lowest BCUT2D eigenvalue weighted by Crippen LogP contribution is -2.30. The average Bonchev–Trinajstić information content (AvgIpc) is 3.64. The molecule has 1 amide bonds. The molecule has 1 aromatic carbocycles. The van der Waals surface area contributed by atoms with Gasteiger partial charge in [-0.05, 0) is 42.7 Å². The Bertz CT molecular complexity index is 1470. The van der Waals surface area contributed by atoms with Gasteiger partial charge in [0.15, 0.2) is 11.6 Å². The molecule has 190 valence electrons. The van der Waals surface area contributed by atoms with Gasteiger partial charge in [-0.25, -0.2) is 14.4 Å². The number of nitrogens with zero attached hydrogens (tertiary/aromatic N) is 4. The highest BCUT2D eigenvalue weighted by molar-refractivity contribution is 5.95. The zero-order chi connectivity index (χ0) is 25.5. The molecule has 3 aromatic heterocycles. The Hall–Kier alpha value is -4.05. The van der Waals surface area contributed by atoms with Gasteiger partial charge in [0, 0.05) is 48.4 Å². The highest BCUT2D eigenvalue weighted by atomic mass is 19.1. The number of fused-ring (bicyclic) bond motifs is 3. The smallest absolute Gasteiger partial charge is 0.270 e. The van der Waals surface area contributed by atoms with E-state index in [9.17, 15) is 9.18 Å². The second-order valence-corrected chi connectivity index (χ2v) is 9.64. The molecule has 10 heteroatoms. The normalized spacial score (nSPS) is 21.2. The van der Waals surface area contributed by atoms with Crippen molar-refractivity contribution in [2.45, 2.75) is 31.0 Å². The van der Waals surface area contributed by atoms with Crippen molar-refractivity contribution in [3.05, 3.63) is 77.6 Å². The van der Waals surface area contributed by atoms with E-state index in [0.29, 0.717) is 34.7 Å². The minimum Gasteiger partial charge on any atom is -0.494 e. The SMILES string of the molecule is COc1ccc(C(NC(=O)c2ccc3cnc(NC4CC5CC4CO5)cc3n2)c2cnn(C)c2)cc1F. The Morgan fingerprint density at radius 3 is 2.78 bits per heavy atom. The number of benzene rings is 1. The van der Waals surface area contributed by atoms with Crippen molar-refractivity contribution in [3.63, 3.8) is 0 Å². The third-order valence-corrected chi connectivity index (χ3v) is 7.18. The van der Waals surface area contributed by atoms with Gasteiger partial charge in [-0.1, -0.05) is 6.07 Å². The molecular formula is C27H27FN6O3. The first-order chi connectivity index (χ1) is 18.0. The van der Waals surface area contributed by atoms with E-state index < -0.39 is 11.9 Å². The number of anilines is 1. The molecule has 1 aliphatic carbocycles. The standard InChI is InChI=1S/C27H27FN6O3/c1-34-13-18(12-30-34)26(15-4-6-24(36-2)20(28)8-15)33-27(35)21-5-3-16-11-29-25(10-23(16)31-21)32-22-9-19-7-17(22)14-37-19/h3-6,8,10-13,17,19,22,26H,7,9,14H2,1-2H3,(H,29,32)(H,33,35). The number of aryl methyl sites for hydroxylation is 1. The van der Waals surface area contributed by atoms with Crippen LogP contribution in [-0.4, -0.2) is 51.5 Å². The summed E-state index contributed by atoms with van der Waals surface area (Å²) in [7, 11) is 3.19. The van der Waals surface area contributed by atoms with E-state index in [1.165, 1.54) is 19.2 Å². The Labute approximate surface area is 213 Å². The number of carbonyl (C=O) groups is 1. The van der Waals surface area contributed by atoms with Crippen LogP contribution in [-0.2, 0) is 11.8 Å². The largest absolute Gasteiger partial charge is 0.494 e. The van der Waals surface area contributed by atoms with E-state index in [0.717, 1.165) is 30.7 Å². The Morgan fingerprint density at radius 1 is 1.19 bits per heavy atom. The molecule has 0 spiro atoms. The van der Waals surface area contributed by atoms with E-state index >= 15 is 0 Å². The van der Waals surface area contributed by atoms with Crippen LogP contribution in [0.4, 0.5) is 10.2 Å². The highest BCUT2D eigenvalue weighted by Crippen LogP contribution is 2.37. The van der Waals surface area contributed by atoms with Gasteiger partial charge < -0.3 is 20.1 Å². The van der Waals surface area contributed by atoms with Gasteiger partial charge in [0.25, 0.3) is 5.91 Å². The molecule has 4 atom stereocenters. The molecule has 4 unspecified atom stereocenters. The molecule has 2 bridgehead atoms. The van der Waals surface area contributed by atoms with Gasteiger partial charge >= 0.3 is 0 Å². The first kappa shape index (κ1) is 23.4. The third kappa shape index (κ3) is 4.60. The van der Waals surface area contributed by atoms with Crippen LogP contribution < -0.4 is 15.4 Å². The number of rotatable bonds is 7. The quantitative estimate of drug-likeness (QED) is 0.398. The van der Waals surface area contributed by atoms with Crippen LogP contribution in [0.25, 0.3) is 10.9 Å². The minimum atomic E-state index is -0.631. The van der Waals surface area contributed by atoms with Crippen LogP contribution in [0, 0.1) is 11.7 Å². The number of aromatic nitrogens is 4. The molecule has 1 aliphatic heterocycles. The molecule has 37 heavy (non-hydrogen) atoms. The van der Waals surface area contributed by atoms with Crippen molar-refractivity contribution in [2.75, 3.05) is 19.0 Å².